The van der Waals surface area contributed by atoms with Gasteiger partial charge in [-0.05, 0) is 28.4 Å². The summed E-state index contributed by atoms with van der Waals surface area (Å²) in [5, 5.41) is 5.07. The van der Waals surface area contributed by atoms with Crippen LogP contribution in [0.2, 0.25) is 0 Å². The van der Waals surface area contributed by atoms with Crippen LogP contribution in [0, 0.1) is 5.92 Å². The van der Waals surface area contributed by atoms with Gasteiger partial charge in [-0.3, -0.25) is 4.79 Å². The van der Waals surface area contributed by atoms with Gasteiger partial charge < -0.3 is 11.1 Å². The Kier molecular flexibility index (Phi) is 5.82. The molecule has 3 nitrogen and oxygen atoms in total. The van der Waals surface area contributed by atoms with Crippen LogP contribution in [0.4, 0.5) is 0 Å². The van der Waals surface area contributed by atoms with Crippen molar-refractivity contribution in [2.75, 3.05) is 13.1 Å². The summed E-state index contributed by atoms with van der Waals surface area (Å²) in [5.41, 5.74) is 5.52. The van der Waals surface area contributed by atoms with Gasteiger partial charge in [-0.25, -0.2) is 0 Å². The highest BCUT2D eigenvalue weighted by Gasteiger charge is 2.24. The Morgan fingerprint density at radius 3 is 2.72 bits per heavy atom. The van der Waals surface area contributed by atoms with E-state index in [1.54, 1.807) is 11.3 Å². The normalized spacial score (nSPS) is 13.4. The van der Waals surface area contributed by atoms with Crippen LogP contribution in [0.25, 0.3) is 0 Å². The molecule has 1 amide bonds. The summed E-state index contributed by atoms with van der Waals surface area (Å²) in [4.78, 5) is 13.2. The van der Waals surface area contributed by atoms with E-state index >= 15 is 0 Å². The number of halogens is 1. The second-order valence-electron chi connectivity index (χ2n) is 5.07. The highest BCUT2D eigenvalue weighted by Crippen LogP contribution is 2.31. The average Bonchev–Trinajstić information content (AvgIpc) is 2.76. The Morgan fingerprint density at radius 1 is 1.61 bits per heavy atom. The quantitative estimate of drug-likeness (QED) is 0.841. The third-order valence-electron chi connectivity index (χ3n) is 3.09. The first-order chi connectivity index (χ1) is 8.40. The van der Waals surface area contributed by atoms with Crippen LogP contribution in [-0.4, -0.2) is 19.0 Å². The molecule has 0 fully saturated rings. The van der Waals surface area contributed by atoms with Crippen molar-refractivity contribution in [2.24, 2.45) is 11.7 Å². The minimum Gasteiger partial charge on any atom is -0.355 e. The maximum Gasteiger partial charge on any atom is 0.224 e. The van der Waals surface area contributed by atoms with Crippen LogP contribution < -0.4 is 11.1 Å². The zero-order chi connectivity index (χ0) is 13.8. The molecular weight excluding hydrogens is 312 g/mol. The maximum atomic E-state index is 11.9. The molecule has 0 aliphatic rings. The molecular formula is C13H21BrN2OS. The fraction of sp³-hybridized carbons (Fsp3) is 0.615. The zero-order valence-corrected chi connectivity index (χ0v) is 13.5. The lowest BCUT2D eigenvalue weighted by molar-refractivity contribution is -0.125. The van der Waals surface area contributed by atoms with Gasteiger partial charge in [-0.15, -0.1) is 11.3 Å². The van der Waals surface area contributed by atoms with Crippen LogP contribution in [0.3, 0.4) is 0 Å². The first kappa shape index (κ1) is 15.7. The standard InChI is InChI=1S/C13H21BrN2OS/c1-4-9(6-15)12(17)16-8-13(2,3)11-5-10(14)7-18-11/h5,7,9H,4,6,8,15H2,1-3H3,(H,16,17). The van der Waals surface area contributed by atoms with Gasteiger partial charge >= 0.3 is 0 Å². The molecule has 18 heavy (non-hydrogen) atoms. The van der Waals surface area contributed by atoms with Gasteiger partial charge in [0.05, 0.1) is 0 Å². The molecule has 0 aliphatic heterocycles. The van der Waals surface area contributed by atoms with Gasteiger partial charge in [0.1, 0.15) is 0 Å². The van der Waals surface area contributed by atoms with Gasteiger partial charge in [0.2, 0.25) is 5.91 Å². The molecule has 0 spiro atoms. The fourth-order valence-electron chi connectivity index (χ4n) is 1.67. The molecule has 0 saturated heterocycles. The lowest BCUT2D eigenvalue weighted by atomic mass is 9.91. The van der Waals surface area contributed by atoms with Crippen molar-refractivity contribution in [1.82, 2.24) is 5.32 Å². The topological polar surface area (TPSA) is 55.1 Å². The van der Waals surface area contributed by atoms with E-state index in [0.29, 0.717) is 13.1 Å². The van der Waals surface area contributed by atoms with Crippen molar-refractivity contribution in [3.8, 4) is 0 Å². The Labute approximate surface area is 121 Å². The molecule has 3 N–H and O–H groups in total. The lowest BCUT2D eigenvalue weighted by Crippen LogP contribution is -2.41. The van der Waals surface area contributed by atoms with Gasteiger partial charge in [0.15, 0.2) is 0 Å². The minimum atomic E-state index is -0.0733. The second kappa shape index (κ2) is 6.68. The van der Waals surface area contributed by atoms with Gasteiger partial charge in [0, 0.05) is 39.2 Å². The molecule has 0 aromatic carbocycles. The van der Waals surface area contributed by atoms with Crippen molar-refractivity contribution >= 4 is 33.2 Å². The molecule has 1 aromatic heterocycles. The van der Waals surface area contributed by atoms with Crippen molar-refractivity contribution in [3.05, 3.63) is 20.8 Å². The molecule has 0 radical (unpaired) electrons. The van der Waals surface area contributed by atoms with E-state index in [9.17, 15) is 4.79 Å². The van der Waals surface area contributed by atoms with Crippen LogP contribution in [0.15, 0.2) is 15.9 Å². The highest BCUT2D eigenvalue weighted by atomic mass is 79.9. The Balaban J connectivity index is 2.59. The SMILES string of the molecule is CCC(CN)C(=O)NCC(C)(C)c1cc(Br)cs1. The van der Waals surface area contributed by atoms with E-state index in [2.05, 4.69) is 46.5 Å². The predicted molar refractivity (Wildman–Crippen MR) is 80.9 cm³/mol. The number of hydrogen-bond acceptors (Lipinski definition) is 3. The molecule has 1 heterocycles. The number of carbonyl (C=O) groups is 1. The van der Waals surface area contributed by atoms with Crippen molar-refractivity contribution < 1.29 is 4.79 Å². The van der Waals surface area contributed by atoms with E-state index in [1.807, 2.05) is 6.92 Å². The summed E-state index contributed by atoms with van der Waals surface area (Å²) in [6, 6.07) is 2.11. The van der Waals surface area contributed by atoms with E-state index in [-0.39, 0.29) is 17.2 Å². The molecule has 0 saturated carbocycles. The van der Waals surface area contributed by atoms with Gasteiger partial charge in [0.25, 0.3) is 0 Å². The molecule has 5 heteroatoms. The highest BCUT2D eigenvalue weighted by molar-refractivity contribution is 9.10. The number of hydrogen-bond donors (Lipinski definition) is 2. The van der Waals surface area contributed by atoms with Crippen molar-refractivity contribution in [3.63, 3.8) is 0 Å². The van der Waals surface area contributed by atoms with Crippen LogP contribution in [0.1, 0.15) is 32.1 Å². The van der Waals surface area contributed by atoms with E-state index in [4.69, 9.17) is 5.73 Å². The molecule has 1 unspecified atom stereocenters. The number of carbonyl (C=O) groups excluding carboxylic acids is 1. The number of rotatable bonds is 6. The monoisotopic (exact) mass is 332 g/mol. The minimum absolute atomic E-state index is 0.0563. The molecule has 0 bridgehead atoms. The van der Waals surface area contributed by atoms with Crippen LogP contribution >= 0.6 is 27.3 Å². The fourth-order valence-corrected chi connectivity index (χ4v) is 3.22. The third-order valence-corrected chi connectivity index (χ3v) is 5.14. The first-order valence-corrected chi connectivity index (χ1v) is 7.80. The predicted octanol–water partition coefficient (Wildman–Crippen LogP) is 2.89. The molecule has 102 valence electrons. The third kappa shape index (κ3) is 4.07. The maximum absolute atomic E-state index is 11.9. The summed E-state index contributed by atoms with van der Waals surface area (Å²) < 4.78 is 1.09. The Bertz CT molecular complexity index is 399. The van der Waals surface area contributed by atoms with Crippen molar-refractivity contribution in [1.29, 1.82) is 0 Å². The Morgan fingerprint density at radius 2 is 2.28 bits per heavy atom. The zero-order valence-electron chi connectivity index (χ0n) is 11.1. The summed E-state index contributed by atoms with van der Waals surface area (Å²) in [6.07, 6.45) is 0.785. The van der Waals surface area contributed by atoms with Crippen LogP contribution in [0.5, 0.6) is 0 Å². The van der Waals surface area contributed by atoms with Crippen molar-refractivity contribution in [2.45, 2.75) is 32.6 Å². The molecule has 0 aliphatic carbocycles. The summed E-state index contributed by atoms with van der Waals surface area (Å²) in [7, 11) is 0. The first-order valence-electron chi connectivity index (χ1n) is 6.13. The smallest absolute Gasteiger partial charge is 0.224 e. The number of thiophene rings is 1. The van der Waals surface area contributed by atoms with E-state index in [0.717, 1.165) is 10.9 Å². The average molecular weight is 333 g/mol. The summed E-state index contributed by atoms with van der Waals surface area (Å²) in [6.45, 7) is 7.30. The van der Waals surface area contributed by atoms with E-state index < -0.39 is 0 Å². The number of nitrogens with one attached hydrogen (secondary N) is 1. The van der Waals surface area contributed by atoms with Gasteiger partial charge in [-0.2, -0.15) is 0 Å². The Hall–Kier alpha value is -0.390. The van der Waals surface area contributed by atoms with Gasteiger partial charge in [-0.1, -0.05) is 20.8 Å². The molecule has 1 aromatic rings. The molecule has 1 rings (SSSR count). The number of nitrogens with two attached hydrogens (primary N) is 1. The van der Waals surface area contributed by atoms with E-state index in [1.165, 1.54) is 4.88 Å². The van der Waals surface area contributed by atoms with Crippen LogP contribution in [-0.2, 0) is 10.2 Å². The molecule has 1 atom stereocenters. The summed E-state index contributed by atoms with van der Waals surface area (Å²) >= 11 is 5.16. The number of amides is 1. The largest absolute Gasteiger partial charge is 0.355 e. The second-order valence-corrected chi connectivity index (χ2v) is 6.90. The summed E-state index contributed by atoms with van der Waals surface area (Å²) in [5.74, 6) is -0.0143. The lowest BCUT2D eigenvalue weighted by Gasteiger charge is -2.25.